The van der Waals surface area contributed by atoms with E-state index < -0.39 is 0 Å². The smallest absolute Gasteiger partial charge is 0.253 e. The third-order valence-corrected chi connectivity index (χ3v) is 7.14. The zero-order valence-electron chi connectivity index (χ0n) is 22.1. The monoisotopic (exact) mass is 495 g/mol. The van der Waals surface area contributed by atoms with Crippen LogP contribution in [-0.2, 0) is 4.79 Å². The molecule has 0 aromatic heterocycles. The molecule has 37 heavy (non-hydrogen) atoms. The number of nitrogens with zero attached hydrogens (tertiary/aromatic N) is 1. The maximum absolute atomic E-state index is 13.0. The molecule has 1 aliphatic rings. The molecule has 0 saturated carbocycles. The van der Waals surface area contributed by atoms with Crippen LogP contribution in [-0.4, -0.2) is 42.9 Å². The fourth-order valence-electron chi connectivity index (χ4n) is 4.92. The van der Waals surface area contributed by atoms with Crippen molar-refractivity contribution in [1.29, 1.82) is 0 Å². The number of carbonyl (C=O) groups excluding carboxylic acids is 2. The summed E-state index contributed by atoms with van der Waals surface area (Å²) < 4.78 is 0. The lowest BCUT2D eigenvalue weighted by Gasteiger charge is -2.22. The molecule has 1 saturated heterocycles. The summed E-state index contributed by atoms with van der Waals surface area (Å²) in [5.41, 5.74) is 7.23. The highest BCUT2D eigenvalue weighted by molar-refractivity contribution is 5.97. The highest BCUT2D eigenvalue weighted by atomic mass is 16.2. The molecule has 1 fully saturated rings. The standard InChI is InChI=1S/C32H37N3O2/c1-4-35(5-2)32(37)27-16-14-25(15-17-27)30(26-18-20-33-21-19-26)28-12-9-13-29(22-28)34-31(36)23(3)24-10-7-6-8-11-24/h6-17,22-23,33H,4-5,18-21H2,1-3H3,(H,34,36)/t23-/m0/s1. The molecule has 0 aliphatic carbocycles. The first-order chi connectivity index (χ1) is 18.0. The van der Waals surface area contributed by atoms with E-state index in [1.807, 2.05) is 80.3 Å². The first-order valence-corrected chi connectivity index (χ1v) is 13.3. The van der Waals surface area contributed by atoms with Crippen molar-refractivity contribution in [3.8, 4) is 0 Å². The number of nitrogens with one attached hydrogen (secondary N) is 2. The lowest BCUT2D eigenvalue weighted by molar-refractivity contribution is -0.117. The van der Waals surface area contributed by atoms with Crippen molar-refractivity contribution < 1.29 is 9.59 Å². The number of anilines is 1. The van der Waals surface area contributed by atoms with Gasteiger partial charge >= 0.3 is 0 Å². The van der Waals surface area contributed by atoms with Gasteiger partial charge in [0.05, 0.1) is 5.92 Å². The highest BCUT2D eigenvalue weighted by Gasteiger charge is 2.19. The van der Waals surface area contributed by atoms with Crippen molar-refractivity contribution in [3.63, 3.8) is 0 Å². The molecule has 2 N–H and O–H groups in total. The fraction of sp³-hybridized carbons (Fsp3) is 0.312. The van der Waals surface area contributed by atoms with Crippen LogP contribution in [0.4, 0.5) is 5.69 Å². The quantitative estimate of drug-likeness (QED) is 0.397. The minimum Gasteiger partial charge on any atom is -0.339 e. The first kappa shape index (κ1) is 26.4. The van der Waals surface area contributed by atoms with E-state index in [1.54, 1.807) is 0 Å². The molecule has 192 valence electrons. The second-order valence-electron chi connectivity index (χ2n) is 9.49. The Bertz CT molecular complexity index is 1240. The Morgan fingerprint density at radius 2 is 1.49 bits per heavy atom. The van der Waals surface area contributed by atoms with Crippen molar-refractivity contribution in [2.24, 2.45) is 0 Å². The van der Waals surface area contributed by atoms with Gasteiger partial charge in [0.15, 0.2) is 0 Å². The third-order valence-electron chi connectivity index (χ3n) is 7.14. The number of hydrogen-bond acceptors (Lipinski definition) is 3. The Morgan fingerprint density at radius 3 is 2.14 bits per heavy atom. The molecule has 3 aromatic rings. The van der Waals surface area contributed by atoms with Gasteiger partial charge in [0.25, 0.3) is 5.91 Å². The topological polar surface area (TPSA) is 61.4 Å². The van der Waals surface area contributed by atoms with E-state index >= 15 is 0 Å². The molecule has 0 spiro atoms. The van der Waals surface area contributed by atoms with Gasteiger partial charge in [-0.1, -0.05) is 60.2 Å². The second-order valence-corrected chi connectivity index (χ2v) is 9.49. The number of benzene rings is 3. The van der Waals surface area contributed by atoms with Gasteiger partial charge in [-0.2, -0.15) is 0 Å². The Morgan fingerprint density at radius 1 is 0.838 bits per heavy atom. The Labute approximate surface area is 220 Å². The lowest BCUT2D eigenvalue weighted by Crippen LogP contribution is -2.30. The summed E-state index contributed by atoms with van der Waals surface area (Å²) in [6.07, 6.45) is 1.94. The average Bonchev–Trinajstić information content (AvgIpc) is 2.95. The van der Waals surface area contributed by atoms with Gasteiger partial charge in [-0.25, -0.2) is 0 Å². The molecule has 1 heterocycles. The molecule has 5 heteroatoms. The van der Waals surface area contributed by atoms with E-state index in [4.69, 9.17) is 0 Å². The molecule has 0 bridgehead atoms. The maximum Gasteiger partial charge on any atom is 0.253 e. The van der Waals surface area contributed by atoms with Gasteiger partial charge in [0.1, 0.15) is 0 Å². The molecule has 3 aromatic carbocycles. The number of rotatable bonds is 8. The Hall–Kier alpha value is -3.70. The average molecular weight is 496 g/mol. The summed E-state index contributed by atoms with van der Waals surface area (Å²) in [4.78, 5) is 27.7. The second kappa shape index (κ2) is 12.5. The van der Waals surface area contributed by atoms with Gasteiger partial charge < -0.3 is 15.5 Å². The van der Waals surface area contributed by atoms with Crippen molar-refractivity contribution in [3.05, 3.63) is 107 Å². The largest absolute Gasteiger partial charge is 0.339 e. The summed E-state index contributed by atoms with van der Waals surface area (Å²) in [6.45, 7) is 9.22. The van der Waals surface area contributed by atoms with E-state index in [0.717, 1.165) is 48.3 Å². The lowest BCUT2D eigenvalue weighted by atomic mass is 9.88. The summed E-state index contributed by atoms with van der Waals surface area (Å²) in [5, 5.41) is 6.56. The van der Waals surface area contributed by atoms with Crippen LogP contribution in [0.3, 0.4) is 0 Å². The van der Waals surface area contributed by atoms with Gasteiger partial charge in [0.2, 0.25) is 5.91 Å². The Kier molecular flexibility index (Phi) is 8.91. The van der Waals surface area contributed by atoms with Gasteiger partial charge in [-0.05, 0) is 93.2 Å². The predicted octanol–water partition coefficient (Wildman–Crippen LogP) is 6.10. The van der Waals surface area contributed by atoms with E-state index in [2.05, 4.69) is 34.9 Å². The minimum absolute atomic E-state index is 0.0290. The van der Waals surface area contributed by atoms with Gasteiger partial charge in [-0.3, -0.25) is 9.59 Å². The van der Waals surface area contributed by atoms with E-state index in [-0.39, 0.29) is 17.7 Å². The fourth-order valence-corrected chi connectivity index (χ4v) is 4.92. The van der Waals surface area contributed by atoms with E-state index in [9.17, 15) is 9.59 Å². The molecule has 0 unspecified atom stereocenters. The van der Waals surface area contributed by atoms with Crippen LogP contribution in [0.2, 0.25) is 0 Å². The summed E-state index contributed by atoms with van der Waals surface area (Å²) in [5.74, 6) is -0.216. The Balaban J connectivity index is 1.63. The molecule has 1 atom stereocenters. The van der Waals surface area contributed by atoms with Crippen molar-refractivity contribution in [2.75, 3.05) is 31.5 Å². The van der Waals surface area contributed by atoms with Crippen LogP contribution in [0.5, 0.6) is 0 Å². The normalized spacial score (nSPS) is 14.1. The zero-order valence-corrected chi connectivity index (χ0v) is 22.1. The highest BCUT2D eigenvalue weighted by Crippen LogP contribution is 2.33. The summed E-state index contributed by atoms with van der Waals surface area (Å²) >= 11 is 0. The minimum atomic E-state index is -0.247. The molecule has 4 rings (SSSR count). The number of carbonyl (C=O) groups is 2. The maximum atomic E-state index is 13.0. The van der Waals surface area contributed by atoms with Crippen LogP contribution in [0.15, 0.2) is 84.4 Å². The van der Waals surface area contributed by atoms with E-state index in [0.29, 0.717) is 18.7 Å². The van der Waals surface area contributed by atoms with E-state index in [1.165, 1.54) is 11.1 Å². The SMILES string of the molecule is CCN(CC)C(=O)c1ccc(C(=C2CCNCC2)c2cccc(NC(=O)[C@@H](C)c3ccccc3)c2)cc1. The predicted molar refractivity (Wildman–Crippen MR) is 152 cm³/mol. The summed E-state index contributed by atoms with van der Waals surface area (Å²) in [7, 11) is 0. The van der Waals surface area contributed by atoms with Crippen molar-refractivity contribution in [1.82, 2.24) is 10.2 Å². The number of amides is 2. The number of hydrogen-bond donors (Lipinski definition) is 2. The molecule has 1 aliphatic heterocycles. The van der Waals surface area contributed by atoms with Gasteiger partial charge in [-0.15, -0.1) is 0 Å². The third kappa shape index (κ3) is 6.36. The van der Waals surface area contributed by atoms with Crippen LogP contribution < -0.4 is 10.6 Å². The van der Waals surface area contributed by atoms with Crippen molar-refractivity contribution >= 4 is 23.1 Å². The molecular weight excluding hydrogens is 458 g/mol. The van der Waals surface area contributed by atoms with Crippen LogP contribution in [0, 0.1) is 0 Å². The molecule has 5 nitrogen and oxygen atoms in total. The van der Waals surface area contributed by atoms with Crippen LogP contribution in [0.1, 0.15) is 66.6 Å². The number of piperidine rings is 1. The van der Waals surface area contributed by atoms with Crippen LogP contribution >= 0.6 is 0 Å². The first-order valence-electron chi connectivity index (χ1n) is 13.3. The van der Waals surface area contributed by atoms with Gasteiger partial charge in [0, 0.05) is 24.3 Å². The molecule has 0 radical (unpaired) electrons. The molecule has 2 amide bonds. The van der Waals surface area contributed by atoms with Crippen molar-refractivity contribution in [2.45, 2.75) is 39.5 Å². The molecular formula is C32H37N3O2. The summed E-state index contributed by atoms with van der Waals surface area (Å²) in [6, 6.07) is 25.9. The zero-order chi connectivity index (χ0) is 26.2. The van der Waals surface area contributed by atoms with Crippen LogP contribution in [0.25, 0.3) is 5.57 Å².